The van der Waals surface area contributed by atoms with Gasteiger partial charge in [-0.2, -0.15) is 0 Å². The van der Waals surface area contributed by atoms with Gasteiger partial charge in [0.05, 0.1) is 12.3 Å². The van der Waals surface area contributed by atoms with Crippen LogP contribution in [-0.4, -0.2) is 23.9 Å². The van der Waals surface area contributed by atoms with Crippen molar-refractivity contribution in [3.63, 3.8) is 0 Å². The summed E-state index contributed by atoms with van der Waals surface area (Å²) >= 11 is 1.63. The van der Waals surface area contributed by atoms with Crippen molar-refractivity contribution in [3.8, 4) is 0 Å². The molecule has 4 rings (SSSR count). The van der Waals surface area contributed by atoms with E-state index in [0.717, 1.165) is 24.0 Å². The lowest BCUT2D eigenvalue weighted by Crippen LogP contribution is -2.36. The number of nitrogens with one attached hydrogen (secondary N) is 1. The molecule has 0 saturated carbocycles. The minimum atomic E-state index is -0.202. The highest BCUT2D eigenvalue weighted by molar-refractivity contribution is 7.16. The van der Waals surface area contributed by atoms with Gasteiger partial charge >= 0.3 is 0 Å². The highest BCUT2D eigenvalue weighted by Gasteiger charge is 2.29. The molecule has 1 aliphatic heterocycles. The Balaban J connectivity index is 1.69. The minimum absolute atomic E-state index is 0.144. The molecule has 1 amide bonds. The maximum atomic E-state index is 12.6. The number of rotatable bonds is 5. The van der Waals surface area contributed by atoms with E-state index in [-0.39, 0.29) is 11.9 Å². The molecule has 0 bridgehead atoms. The van der Waals surface area contributed by atoms with Gasteiger partial charge in [-0.15, -0.1) is 11.3 Å². The number of hydrogen-bond acceptors (Lipinski definition) is 4. The molecule has 1 aromatic carbocycles. The number of piperidine rings is 1. The summed E-state index contributed by atoms with van der Waals surface area (Å²) in [4.78, 5) is 16.3. The average molecular weight is 395 g/mol. The van der Waals surface area contributed by atoms with Crippen LogP contribution in [0.5, 0.6) is 0 Å². The van der Waals surface area contributed by atoms with Crippen LogP contribution in [0.15, 0.2) is 59.2 Å². The Kier molecular flexibility index (Phi) is 5.64. The number of aryl methyl sites for hydroxylation is 1. The lowest BCUT2D eigenvalue weighted by Gasteiger charge is -2.37. The van der Waals surface area contributed by atoms with Crippen molar-refractivity contribution in [2.75, 3.05) is 18.4 Å². The number of amides is 1. The van der Waals surface area contributed by atoms with Gasteiger partial charge in [0.15, 0.2) is 5.76 Å². The molecule has 146 valence electrons. The first-order valence-electron chi connectivity index (χ1n) is 9.86. The Bertz CT molecular complexity index is 909. The normalized spacial score (nSPS) is 16.8. The first-order chi connectivity index (χ1) is 13.6. The van der Waals surface area contributed by atoms with Gasteiger partial charge in [0.2, 0.25) is 0 Å². The molecule has 0 aliphatic carbocycles. The van der Waals surface area contributed by atoms with Gasteiger partial charge in [0.25, 0.3) is 5.91 Å². The Labute approximate surface area is 170 Å². The second-order valence-electron chi connectivity index (χ2n) is 7.60. The van der Waals surface area contributed by atoms with Gasteiger partial charge < -0.3 is 9.73 Å². The number of furan rings is 1. The molecule has 28 heavy (non-hydrogen) atoms. The van der Waals surface area contributed by atoms with Crippen molar-refractivity contribution in [2.45, 2.75) is 32.7 Å². The van der Waals surface area contributed by atoms with Gasteiger partial charge in [-0.05, 0) is 62.5 Å². The zero-order valence-corrected chi connectivity index (χ0v) is 17.2. The van der Waals surface area contributed by atoms with E-state index in [1.165, 1.54) is 35.1 Å². The van der Waals surface area contributed by atoms with Crippen LogP contribution in [0.25, 0.3) is 0 Å². The first kappa shape index (κ1) is 19.0. The molecule has 1 saturated heterocycles. The molecular weight excluding hydrogens is 368 g/mol. The zero-order valence-electron chi connectivity index (χ0n) is 16.4. The Morgan fingerprint density at radius 1 is 1.18 bits per heavy atom. The smallest absolute Gasteiger partial charge is 0.291 e. The molecule has 0 radical (unpaired) electrons. The molecule has 4 nitrogen and oxygen atoms in total. The zero-order chi connectivity index (χ0) is 19.5. The summed E-state index contributed by atoms with van der Waals surface area (Å²) in [5, 5.41) is 4.00. The van der Waals surface area contributed by atoms with Crippen LogP contribution in [-0.2, 0) is 0 Å². The Morgan fingerprint density at radius 2 is 1.93 bits per heavy atom. The number of hydrogen-bond donors (Lipinski definition) is 1. The number of benzene rings is 1. The molecule has 3 heterocycles. The van der Waals surface area contributed by atoms with Gasteiger partial charge in [-0.25, -0.2) is 0 Å². The Morgan fingerprint density at radius 3 is 2.61 bits per heavy atom. The fourth-order valence-electron chi connectivity index (χ4n) is 3.92. The summed E-state index contributed by atoms with van der Waals surface area (Å²) in [6.45, 7) is 6.57. The monoisotopic (exact) mass is 394 g/mol. The number of carbonyl (C=O) groups excluding carboxylic acids is 1. The van der Waals surface area contributed by atoms with E-state index < -0.39 is 0 Å². The summed E-state index contributed by atoms with van der Waals surface area (Å²) < 4.78 is 5.27. The van der Waals surface area contributed by atoms with E-state index in [2.05, 4.69) is 60.5 Å². The molecule has 1 fully saturated rings. The first-order valence-corrected chi connectivity index (χ1v) is 10.7. The molecule has 1 atom stereocenters. The summed E-state index contributed by atoms with van der Waals surface area (Å²) in [6.07, 6.45) is 3.94. The van der Waals surface area contributed by atoms with E-state index in [1.807, 2.05) is 0 Å². The van der Waals surface area contributed by atoms with Crippen molar-refractivity contribution in [3.05, 3.63) is 76.6 Å². The van der Waals surface area contributed by atoms with E-state index in [1.54, 1.807) is 23.5 Å². The van der Waals surface area contributed by atoms with Crippen LogP contribution in [0.2, 0.25) is 0 Å². The SMILES string of the molecule is Cc1cc(C(c2ccccc2)N2CCC(C)CC2)c(NC(=O)c2ccco2)s1. The van der Waals surface area contributed by atoms with Crippen LogP contribution in [0, 0.1) is 12.8 Å². The predicted molar refractivity (Wildman–Crippen MR) is 114 cm³/mol. The predicted octanol–water partition coefficient (Wildman–Crippen LogP) is 5.72. The topological polar surface area (TPSA) is 45.5 Å². The molecule has 1 N–H and O–H groups in total. The lowest BCUT2D eigenvalue weighted by molar-refractivity contribution is 0.0996. The fourth-order valence-corrected chi connectivity index (χ4v) is 4.86. The summed E-state index contributed by atoms with van der Waals surface area (Å²) in [6, 6.07) is 16.4. The third-order valence-electron chi connectivity index (χ3n) is 5.45. The fraction of sp³-hybridized carbons (Fsp3) is 0.348. The van der Waals surface area contributed by atoms with E-state index >= 15 is 0 Å². The third-order valence-corrected chi connectivity index (χ3v) is 6.43. The molecule has 0 spiro atoms. The van der Waals surface area contributed by atoms with Crippen LogP contribution in [0.1, 0.15) is 52.4 Å². The van der Waals surface area contributed by atoms with Crippen LogP contribution in [0.3, 0.4) is 0 Å². The highest BCUT2D eigenvalue weighted by Crippen LogP contribution is 2.40. The van der Waals surface area contributed by atoms with Crippen molar-refractivity contribution in [2.24, 2.45) is 5.92 Å². The van der Waals surface area contributed by atoms with Crippen LogP contribution >= 0.6 is 11.3 Å². The van der Waals surface area contributed by atoms with Gasteiger partial charge in [-0.1, -0.05) is 37.3 Å². The number of anilines is 1. The van der Waals surface area contributed by atoms with Crippen LogP contribution < -0.4 is 5.32 Å². The molecular formula is C23H26N2O2S. The number of thiophene rings is 1. The van der Waals surface area contributed by atoms with Crippen molar-refractivity contribution < 1.29 is 9.21 Å². The quantitative estimate of drug-likeness (QED) is 0.602. The maximum absolute atomic E-state index is 12.6. The summed E-state index contributed by atoms with van der Waals surface area (Å²) in [5.41, 5.74) is 2.44. The molecule has 1 aliphatic rings. The second-order valence-corrected chi connectivity index (χ2v) is 8.86. The second kappa shape index (κ2) is 8.33. The number of nitrogens with zero attached hydrogens (tertiary/aromatic N) is 1. The third kappa shape index (κ3) is 4.05. The van der Waals surface area contributed by atoms with E-state index in [9.17, 15) is 4.79 Å². The molecule has 3 aromatic rings. The van der Waals surface area contributed by atoms with E-state index in [0.29, 0.717) is 5.76 Å². The van der Waals surface area contributed by atoms with Gasteiger partial charge in [0, 0.05) is 10.4 Å². The van der Waals surface area contributed by atoms with Crippen molar-refractivity contribution in [1.29, 1.82) is 0 Å². The van der Waals surface area contributed by atoms with Crippen molar-refractivity contribution in [1.82, 2.24) is 4.90 Å². The maximum Gasteiger partial charge on any atom is 0.291 e. The standard InChI is InChI=1S/C23H26N2O2S/c1-16-10-12-25(13-11-16)21(18-7-4-3-5-8-18)19-15-17(2)28-23(19)24-22(26)20-9-6-14-27-20/h3-9,14-16,21H,10-13H2,1-2H3,(H,24,26). The number of carbonyl (C=O) groups is 1. The lowest BCUT2D eigenvalue weighted by atomic mass is 9.93. The average Bonchev–Trinajstić information content (AvgIpc) is 3.35. The molecule has 5 heteroatoms. The Hall–Kier alpha value is -2.37. The summed E-state index contributed by atoms with van der Waals surface area (Å²) in [5.74, 6) is 0.905. The van der Waals surface area contributed by atoms with Crippen LogP contribution in [0.4, 0.5) is 5.00 Å². The molecule has 2 aromatic heterocycles. The number of likely N-dealkylation sites (tertiary alicyclic amines) is 1. The summed E-state index contributed by atoms with van der Waals surface area (Å²) in [7, 11) is 0. The van der Waals surface area contributed by atoms with Crippen molar-refractivity contribution >= 4 is 22.2 Å². The molecule has 1 unspecified atom stereocenters. The van der Waals surface area contributed by atoms with Gasteiger partial charge in [-0.3, -0.25) is 9.69 Å². The highest BCUT2D eigenvalue weighted by atomic mass is 32.1. The van der Waals surface area contributed by atoms with Gasteiger partial charge in [0.1, 0.15) is 5.00 Å². The minimum Gasteiger partial charge on any atom is -0.459 e. The largest absolute Gasteiger partial charge is 0.459 e. The van der Waals surface area contributed by atoms with E-state index in [4.69, 9.17) is 4.42 Å².